The predicted molar refractivity (Wildman–Crippen MR) is 90.5 cm³/mol. The van der Waals surface area contributed by atoms with E-state index in [9.17, 15) is 14.7 Å². The Balaban J connectivity index is 2.02. The Bertz CT molecular complexity index is 1170. The van der Waals surface area contributed by atoms with Crippen molar-refractivity contribution in [2.75, 3.05) is 0 Å². The standard InChI is InChI=1S/C17H10BrN3O3/c18-9-4-3-5-10(8-9)21-17(24)14(16(23)20-21)13-11-6-1-2-7-12(11)19-15(13)22/h1-8,24H,(H,20,23). The van der Waals surface area contributed by atoms with Gasteiger partial charge in [0.1, 0.15) is 5.56 Å². The fraction of sp³-hybridized carbons (Fsp3) is 0. The van der Waals surface area contributed by atoms with Crippen molar-refractivity contribution in [3.63, 3.8) is 0 Å². The van der Waals surface area contributed by atoms with Gasteiger partial charge in [0.25, 0.3) is 11.5 Å². The van der Waals surface area contributed by atoms with Gasteiger partial charge in [0, 0.05) is 9.69 Å². The molecular weight excluding hydrogens is 374 g/mol. The zero-order valence-corrected chi connectivity index (χ0v) is 13.7. The van der Waals surface area contributed by atoms with Gasteiger partial charge in [0.05, 0.1) is 16.6 Å². The normalized spacial score (nSPS) is 13.0. The highest BCUT2D eigenvalue weighted by atomic mass is 79.9. The van der Waals surface area contributed by atoms with Crippen molar-refractivity contribution in [3.8, 4) is 11.6 Å². The van der Waals surface area contributed by atoms with Gasteiger partial charge in [-0.3, -0.25) is 14.7 Å². The molecule has 24 heavy (non-hydrogen) atoms. The number of nitrogens with one attached hydrogen (secondary N) is 1. The smallest absolute Gasteiger partial charge is 0.279 e. The van der Waals surface area contributed by atoms with E-state index in [1.165, 1.54) is 4.68 Å². The number of aromatic amines is 1. The number of rotatable bonds is 2. The highest BCUT2D eigenvalue weighted by molar-refractivity contribution is 9.10. The third-order valence-corrected chi connectivity index (χ3v) is 4.29. The first-order valence-corrected chi connectivity index (χ1v) is 7.88. The van der Waals surface area contributed by atoms with Crippen LogP contribution in [0.2, 0.25) is 0 Å². The van der Waals surface area contributed by atoms with Gasteiger partial charge >= 0.3 is 0 Å². The molecule has 2 heterocycles. The van der Waals surface area contributed by atoms with Gasteiger partial charge in [-0.1, -0.05) is 40.2 Å². The molecule has 0 radical (unpaired) electrons. The summed E-state index contributed by atoms with van der Waals surface area (Å²) in [5.41, 5.74) is 0.0380. The summed E-state index contributed by atoms with van der Waals surface area (Å²) in [6, 6.07) is 14.0. The van der Waals surface area contributed by atoms with E-state index in [4.69, 9.17) is 0 Å². The summed E-state index contributed by atoms with van der Waals surface area (Å²) in [4.78, 5) is 28.6. The van der Waals surface area contributed by atoms with Crippen molar-refractivity contribution < 1.29 is 9.90 Å². The molecular formula is C17H10BrN3O3. The molecule has 2 aromatic carbocycles. The number of nitrogens with zero attached hydrogens (tertiary/aromatic N) is 2. The SMILES string of the molecule is O=C1N=c2ccccc2=C1c1c(O)n(-c2cccc(Br)c2)[nH]c1=O. The molecule has 0 atom stereocenters. The number of aromatic hydroxyl groups is 1. The molecule has 0 saturated carbocycles. The van der Waals surface area contributed by atoms with E-state index in [1.54, 1.807) is 42.5 Å². The number of halogens is 1. The van der Waals surface area contributed by atoms with Gasteiger partial charge in [0.2, 0.25) is 5.88 Å². The maximum absolute atomic E-state index is 12.4. The third kappa shape index (κ3) is 2.13. The van der Waals surface area contributed by atoms with Crippen LogP contribution in [-0.2, 0) is 4.79 Å². The van der Waals surface area contributed by atoms with Crippen LogP contribution in [0.3, 0.4) is 0 Å². The topological polar surface area (TPSA) is 87.4 Å². The zero-order chi connectivity index (χ0) is 16.8. The van der Waals surface area contributed by atoms with E-state index < -0.39 is 11.5 Å². The molecule has 1 aliphatic rings. The summed E-state index contributed by atoms with van der Waals surface area (Å²) >= 11 is 3.35. The highest BCUT2D eigenvalue weighted by Crippen LogP contribution is 2.25. The molecule has 7 heteroatoms. The van der Waals surface area contributed by atoms with Crippen molar-refractivity contribution in [2.45, 2.75) is 0 Å². The van der Waals surface area contributed by atoms with E-state index in [0.29, 0.717) is 16.3 Å². The number of carbonyl (C=O) groups is 1. The molecule has 0 saturated heterocycles. The van der Waals surface area contributed by atoms with Crippen molar-refractivity contribution in [1.29, 1.82) is 0 Å². The van der Waals surface area contributed by atoms with Gasteiger partial charge in [-0.2, -0.15) is 0 Å². The van der Waals surface area contributed by atoms with Crippen LogP contribution in [0.5, 0.6) is 5.88 Å². The molecule has 0 spiro atoms. The van der Waals surface area contributed by atoms with Crippen LogP contribution in [0.25, 0.3) is 11.3 Å². The summed E-state index contributed by atoms with van der Waals surface area (Å²) < 4.78 is 2.03. The van der Waals surface area contributed by atoms with Gasteiger partial charge in [-0.25, -0.2) is 9.67 Å². The minimum Gasteiger partial charge on any atom is -0.493 e. The molecule has 1 aromatic heterocycles. The second kappa shape index (κ2) is 5.31. The number of para-hydroxylation sites is 1. The summed E-state index contributed by atoms with van der Waals surface area (Å²) in [7, 11) is 0. The van der Waals surface area contributed by atoms with Crippen LogP contribution < -0.4 is 16.1 Å². The molecule has 2 N–H and O–H groups in total. The van der Waals surface area contributed by atoms with Gasteiger partial charge in [-0.05, 0) is 24.3 Å². The van der Waals surface area contributed by atoms with Crippen LogP contribution in [0.4, 0.5) is 0 Å². The Hall–Kier alpha value is -2.93. The largest absolute Gasteiger partial charge is 0.493 e. The maximum Gasteiger partial charge on any atom is 0.279 e. The van der Waals surface area contributed by atoms with E-state index in [-0.39, 0.29) is 17.0 Å². The predicted octanol–water partition coefficient (Wildman–Crippen LogP) is 0.992. The monoisotopic (exact) mass is 383 g/mol. The quantitative estimate of drug-likeness (QED) is 0.691. The minimum absolute atomic E-state index is 0.0753. The van der Waals surface area contributed by atoms with Crippen LogP contribution >= 0.6 is 15.9 Å². The first kappa shape index (κ1) is 14.6. The summed E-state index contributed by atoms with van der Waals surface area (Å²) in [5.74, 6) is -0.864. The van der Waals surface area contributed by atoms with Crippen LogP contribution in [0.15, 0.2) is 62.8 Å². The number of hydrogen-bond acceptors (Lipinski definition) is 3. The Morgan fingerprint density at radius 2 is 1.88 bits per heavy atom. The molecule has 1 aliphatic heterocycles. The van der Waals surface area contributed by atoms with Crippen LogP contribution in [0, 0.1) is 0 Å². The van der Waals surface area contributed by atoms with Gasteiger partial charge in [-0.15, -0.1) is 0 Å². The lowest BCUT2D eigenvalue weighted by Gasteiger charge is -2.05. The highest BCUT2D eigenvalue weighted by Gasteiger charge is 2.27. The molecule has 1 amide bonds. The van der Waals surface area contributed by atoms with E-state index in [2.05, 4.69) is 26.0 Å². The average Bonchev–Trinajstić information content (AvgIpc) is 3.03. The molecule has 0 unspecified atom stereocenters. The number of benzene rings is 2. The van der Waals surface area contributed by atoms with Crippen molar-refractivity contribution in [2.24, 2.45) is 4.99 Å². The van der Waals surface area contributed by atoms with Crippen molar-refractivity contribution in [1.82, 2.24) is 9.78 Å². The first-order chi connectivity index (χ1) is 11.6. The van der Waals surface area contributed by atoms with E-state index in [1.807, 2.05) is 6.07 Å². The average molecular weight is 384 g/mol. The van der Waals surface area contributed by atoms with E-state index >= 15 is 0 Å². The lowest BCUT2D eigenvalue weighted by Crippen LogP contribution is -2.24. The Morgan fingerprint density at radius 1 is 1.08 bits per heavy atom. The fourth-order valence-corrected chi connectivity index (χ4v) is 3.14. The molecule has 3 aromatic rings. The molecule has 6 nitrogen and oxygen atoms in total. The zero-order valence-electron chi connectivity index (χ0n) is 12.2. The van der Waals surface area contributed by atoms with Gasteiger partial charge in [0.15, 0.2) is 0 Å². The lowest BCUT2D eigenvalue weighted by molar-refractivity contribution is -0.112. The fourth-order valence-electron chi connectivity index (χ4n) is 2.76. The van der Waals surface area contributed by atoms with Crippen LogP contribution in [-0.4, -0.2) is 20.8 Å². The second-order valence-corrected chi connectivity index (χ2v) is 6.18. The summed E-state index contributed by atoms with van der Waals surface area (Å²) in [5, 5.41) is 14.1. The van der Waals surface area contributed by atoms with Gasteiger partial charge < -0.3 is 5.11 Å². The third-order valence-electron chi connectivity index (χ3n) is 3.80. The molecule has 4 rings (SSSR count). The minimum atomic E-state index is -0.553. The number of H-pyrrole nitrogens is 1. The van der Waals surface area contributed by atoms with Crippen molar-refractivity contribution in [3.05, 3.63) is 79.5 Å². The Morgan fingerprint density at radius 3 is 2.67 bits per heavy atom. The first-order valence-electron chi connectivity index (χ1n) is 7.09. The molecule has 0 aliphatic carbocycles. The maximum atomic E-state index is 12.4. The summed E-state index contributed by atoms with van der Waals surface area (Å²) in [6.07, 6.45) is 0. The second-order valence-electron chi connectivity index (χ2n) is 5.26. The Labute approximate surface area is 143 Å². The molecule has 118 valence electrons. The number of aromatic nitrogens is 2. The molecule has 0 bridgehead atoms. The van der Waals surface area contributed by atoms with E-state index in [0.717, 1.165) is 4.47 Å². The molecule has 0 fully saturated rings. The van der Waals surface area contributed by atoms with Crippen molar-refractivity contribution >= 4 is 27.4 Å². The number of fused-ring (bicyclic) bond motifs is 1. The number of amides is 1. The number of hydrogen-bond donors (Lipinski definition) is 2. The lowest BCUT2D eigenvalue weighted by atomic mass is 10.1. The van der Waals surface area contributed by atoms with Crippen LogP contribution in [0.1, 0.15) is 5.56 Å². The Kier molecular flexibility index (Phi) is 3.24. The number of carbonyl (C=O) groups excluding carboxylic acids is 1. The summed E-state index contributed by atoms with van der Waals surface area (Å²) in [6.45, 7) is 0.